The molecule has 118 valence electrons. The van der Waals surface area contributed by atoms with Crippen LogP contribution in [0.1, 0.15) is 38.2 Å². The first-order chi connectivity index (χ1) is 9.86. The lowest BCUT2D eigenvalue weighted by Gasteiger charge is -2.23. The number of benzene rings is 1. The fraction of sp³-hybridized carbons (Fsp3) is 0.600. The molecule has 4 nitrogen and oxygen atoms in total. The Morgan fingerprint density at radius 1 is 1.29 bits per heavy atom. The number of nitrogens with one attached hydrogen (secondary N) is 2. The van der Waals surface area contributed by atoms with E-state index in [1.54, 1.807) is 7.05 Å². The second-order valence-electron chi connectivity index (χ2n) is 6.13. The van der Waals surface area contributed by atoms with E-state index in [4.69, 9.17) is 0 Å². The molecular formula is C15H23FN2O2S. The summed E-state index contributed by atoms with van der Waals surface area (Å²) in [6, 6.07) is 3.91. The summed E-state index contributed by atoms with van der Waals surface area (Å²) in [6.45, 7) is 2.85. The van der Waals surface area contributed by atoms with Gasteiger partial charge in [0.25, 0.3) is 0 Å². The van der Waals surface area contributed by atoms with Gasteiger partial charge in [-0.2, -0.15) is 0 Å². The Morgan fingerprint density at radius 2 is 1.95 bits per heavy atom. The van der Waals surface area contributed by atoms with E-state index in [0.717, 1.165) is 25.7 Å². The minimum atomic E-state index is -3.59. The molecule has 0 unspecified atom stereocenters. The third kappa shape index (κ3) is 4.02. The Labute approximate surface area is 126 Å². The van der Waals surface area contributed by atoms with Crippen LogP contribution in [0.2, 0.25) is 0 Å². The maximum atomic E-state index is 13.6. The number of halogens is 1. The highest BCUT2D eigenvalue weighted by molar-refractivity contribution is 7.89. The zero-order chi connectivity index (χ0) is 15.5. The van der Waals surface area contributed by atoms with Crippen molar-refractivity contribution in [2.45, 2.75) is 44.0 Å². The van der Waals surface area contributed by atoms with Crippen LogP contribution in [-0.4, -0.2) is 22.0 Å². The summed E-state index contributed by atoms with van der Waals surface area (Å²) in [7, 11) is -1.89. The molecule has 0 bridgehead atoms. The molecule has 6 heteroatoms. The number of sulfonamides is 1. The number of hydrogen-bond donors (Lipinski definition) is 2. The van der Waals surface area contributed by atoms with E-state index >= 15 is 0 Å². The highest BCUT2D eigenvalue weighted by atomic mass is 32.2. The van der Waals surface area contributed by atoms with Gasteiger partial charge in [0, 0.05) is 18.7 Å². The van der Waals surface area contributed by atoms with Gasteiger partial charge in [-0.1, -0.05) is 19.8 Å². The van der Waals surface area contributed by atoms with E-state index in [0.29, 0.717) is 18.7 Å². The number of rotatable bonds is 6. The zero-order valence-corrected chi connectivity index (χ0v) is 13.4. The molecule has 0 aromatic heterocycles. The molecule has 1 aliphatic rings. The quantitative estimate of drug-likeness (QED) is 0.848. The molecule has 21 heavy (non-hydrogen) atoms. The van der Waals surface area contributed by atoms with Crippen LogP contribution in [0.3, 0.4) is 0 Å². The van der Waals surface area contributed by atoms with Gasteiger partial charge in [0.2, 0.25) is 10.0 Å². The van der Waals surface area contributed by atoms with Gasteiger partial charge in [0.05, 0.1) is 4.90 Å². The maximum absolute atomic E-state index is 13.6. The average Bonchev–Trinajstić information content (AvgIpc) is 2.87. The Hall–Kier alpha value is -0.980. The van der Waals surface area contributed by atoms with Gasteiger partial charge in [-0.05, 0) is 43.5 Å². The van der Waals surface area contributed by atoms with E-state index in [2.05, 4.69) is 17.0 Å². The molecule has 1 fully saturated rings. The highest BCUT2D eigenvalue weighted by Crippen LogP contribution is 2.37. The summed E-state index contributed by atoms with van der Waals surface area (Å²) in [5.41, 5.74) is 0.397. The van der Waals surface area contributed by atoms with Crippen molar-refractivity contribution in [3.05, 3.63) is 29.6 Å². The van der Waals surface area contributed by atoms with Gasteiger partial charge < -0.3 is 5.32 Å². The molecule has 2 N–H and O–H groups in total. The first kappa shape index (κ1) is 16.4. The Balaban J connectivity index is 2.13. The Morgan fingerprint density at radius 3 is 2.57 bits per heavy atom. The van der Waals surface area contributed by atoms with Crippen LogP contribution >= 0.6 is 0 Å². The van der Waals surface area contributed by atoms with Crippen LogP contribution in [0.5, 0.6) is 0 Å². The second-order valence-corrected chi connectivity index (χ2v) is 7.89. The monoisotopic (exact) mass is 314 g/mol. The van der Waals surface area contributed by atoms with Crippen LogP contribution < -0.4 is 10.0 Å². The summed E-state index contributed by atoms with van der Waals surface area (Å²) in [4.78, 5) is 0.121. The van der Waals surface area contributed by atoms with Gasteiger partial charge in [-0.3, -0.25) is 0 Å². The molecule has 2 rings (SSSR count). The van der Waals surface area contributed by atoms with Crippen LogP contribution in [0, 0.1) is 11.2 Å². The van der Waals surface area contributed by atoms with Gasteiger partial charge in [0.15, 0.2) is 0 Å². The first-order valence-electron chi connectivity index (χ1n) is 7.29. The van der Waals surface area contributed by atoms with E-state index in [1.165, 1.54) is 18.2 Å². The van der Waals surface area contributed by atoms with Crippen molar-refractivity contribution in [3.8, 4) is 0 Å². The summed E-state index contributed by atoms with van der Waals surface area (Å²) in [5.74, 6) is -0.397. The third-order valence-corrected chi connectivity index (χ3v) is 5.59. The molecular weight excluding hydrogens is 291 g/mol. The number of hydrogen-bond acceptors (Lipinski definition) is 3. The molecule has 0 atom stereocenters. The molecule has 0 amide bonds. The molecule has 0 heterocycles. The summed E-state index contributed by atoms with van der Waals surface area (Å²) in [6.07, 6.45) is 4.40. The Kier molecular flexibility index (Phi) is 5.01. The van der Waals surface area contributed by atoms with E-state index < -0.39 is 15.8 Å². The summed E-state index contributed by atoms with van der Waals surface area (Å²) in [5, 5.41) is 2.83. The SMILES string of the molecule is CNCc1cc(S(=O)(=O)NCC2(C)CCCC2)ccc1F. The lowest BCUT2D eigenvalue weighted by Crippen LogP contribution is -2.34. The van der Waals surface area contributed by atoms with Gasteiger partial charge >= 0.3 is 0 Å². The summed E-state index contributed by atoms with van der Waals surface area (Å²) < 4.78 is 40.9. The van der Waals surface area contributed by atoms with Gasteiger partial charge in [0.1, 0.15) is 5.82 Å². The van der Waals surface area contributed by atoms with Crippen molar-refractivity contribution in [3.63, 3.8) is 0 Å². The topological polar surface area (TPSA) is 58.2 Å². The maximum Gasteiger partial charge on any atom is 0.240 e. The van der Waals surface area contributed by atoms with Crippen molar-refractivity contribution in [1.29, 1.82) is 0 Å². The van der Waals surface area contributed by atoms with E-state index in [9.17, 15) is 12.8 Å². The minimum Gasteiger partial charge on any atom is -0.316 e. The lowest BCUT2D eigenvalue weighted by atomic mass is 9.89. The van der Waals surface area contributed by atoms with Crippen LogP contribution in [0.25, 0.3) is 0 Å². The second kappa shape index (κ2) is 6.42. The third-order valence-electron chi connectivity index (χ3n) is 4.19. The van der Waals surface area contributed by atoms with Crippen molar-refractivity contribution in [1.82, 2.24) is 10.0 Å². The predicted molar refractivity (Wildman–Crippen MR) is 80.9 cm³/mol. The fourth-order valence-corrected chi connectivity index (χ4v) is 4.05. The largest absolute Gasteiger partial charge is 0.316 e. The van der Waals surface area contributed by atoms with Crippen molar-refractivity contribution in [2.24, 2.45) is 5.41 Å². The molecule has 0 saturated heterocycles. The van der Waals surface area contributed by atoms with Crippen molar-refractivity contribution in [2.75, 3.05) is 13.6 Å². The van der Waals surface area contributed by atoms with Crippen LogP contribution in [0.15, 0.2) is 23.1 Å². The molecule has 0 radical (unpaired) electrons. The normalized spacial score (nSPS) is 18.0. The molecule has 1 saturated carbocycles. The Bertz CT molecular complexity index is 596. The smallest absolute Gasteiger partial charge is 0.240 e. The van der Waals surface area contributed by atoms with Gasteiger partial charge in [-0.15, -0.1) is 0 Å². The molecule has 0 aliphatic heterocycles. The van der Waals surface area contributed by atoms with E-state index in [-0.39, 0.29) is 10.3 Å². The zero-order valence-electron chi connectivity index (χ0n) is 12.6. The predicted octanol–water partition coefficient (Wildman–Crippen LogP) is 2.40. The molecule has 1 aromatic rings. The molecule has 0 spiro atoms. The highest BCUT2D eigenvalue weighted by Gasteiger charge is 2.30. The fourth-order valence-electron chi connectivity index (χ4n) is 2.80. The van der Waals surface area contributed by atoms with Crippen molar-refractivity contribution >= 4 is 10.0 Å². The van der Waals surface area contributed by atoms with E-state index in [1.807, 2.05) is 0 Å². The van der Waals surface area contributed by atoms with Gasteiger partial charge in [-0.25, -0.2) is 17.5 Å². The minimum absolute atomic E-state index is 0.0426. The lowest BCUT2D eigenvalue weighted by molar-refractivity contribution is 0.336. The average molecular weight is 314 g/mol. The van der Waals surface area contributed by atoms with Crippen LogP contribution in [-0.2, 0) is 16.6 Å². The molecule has 1 aliphatic carbocycles. The first-order valence-corrected chi connectivity index (χ1v) is 8.77. The summed E-state index contributed by atoms with van der Waals surface area (Å²) >= 11 is 0. The molecule has 1 aromatic carbocycles. The van der Waals surface area contributed by atoms with Crippen molar-refractivity contribution < 1.29 is 12.8 Å². The van der Waals surface area contributed by atoms with Crippen LogP contribution in [0.4, 0.5) is 4.39 Å². The standard InChI is InChI=1S/C15H23FN2O2S/c1-15(7-3-4-8-15)11-18-21(19,20)13-5-6-14(16)12(9-13)10-17-2/h5-6,9,17-18H,3-4,7-8,10-11H2,1-2H3.